The average Bonchev–Trinajstić information content (AvgIpc) is 3.30. The van der Waals surface area contributed by atoms with Crippen molar-refractivity contribution >= 4 is 27.8 Å². The highest BCUT2D eigenvalue weighted by Crippen LogP contribution is 2.51. The lowest BCUT2D eigenvalue weighted by Crippen LogP contribution is -2.16. The van der Waals surface area contributed by atoms with Crippen LogP contribution in [-0.2, 0) is 5.41 Å². The van der Waals surface area contributed by atoms with Crippen LogP contribution in [0.4, 0.5) is 17.1 Å². The summed E-state index contributed by atoms with van der Waals surface area (Å²) in [4.78, 5) is 2.39. The molecular formula is C43H33N. The first kappa shape index (κ1) is 26.2. The number of benzene rings is 7. The minimum absolute atomic E-state index is 0.106. The topological polar surface area (TPSA) is 3.24 Å². The van der Waals surface area contributed by atoms with Crippen molar-refractivity contribution in [2.45, 2.75) is 19.3 Å². The minimum Gasteiger partial charge on any atom is -0.310 e. The van der Waals surface area contributed by atoms with Crippen LogP contribution in [0.3, 0.4) is 0 Å². The van der Waals surface area contributed by atoms with Gasteiger partial charge in [0.2, 0.25) is 0 Å². The van der Waals surface area contributed by atoms with Crippen LogP contribution in [0.25, 0.3) is 44.2 Å². The van der Waals surface area contributed by atoms with E-state index in [9.17, 15) is 0 Å². The van der Waals surface area contributed by atoms with Gasteiger partial charge in [-0.05, 0) is 104 Å². The van der Waals surface area contributed by atoms with Crippen molar-refractivity contribution in [3.8, 4) is 33.4 Å². The molecule has 0 heterocycles. The Labute approximate surface area is 259 Å². The molecule has 1 nitrogen and oxygen atoms in total. The Hall–Kier alpha value is -5.40. The molecule has 1 aliphatic carbocycles. The highest BCUT2D eigenvalue weighted by Gasteiger charge is 2.36. The number of nitrogens with zero attached hydrogens (tertiary/aromatic N) is 1. The van der Waals surface area contributed by atoms with E-state index in [-0.39, 0.29) is 5.41 Å². The second-order valence-electron chi connectivity index (χ2n) is 12.3. The number of hydrogen-bond acceptors (Lipinski definition) is 1. The third-order valence-electron chi connectivity index (χ3n) is 9.25. The molecule has 0 aromatic heterocycles. The van der Waals surface area contributed by atoms with Gasteiger partial charge in [-0.1, -0.05) is 129 Å². The molecule has 7 aromatic carbocycles. The molecule has 0 saturated carbocycles. The van der Waals surface area contributed by atoms with Gasteiger partial charge in [0.05, 0.1) is 0 Å². The van der Waals surface area contributed by atoms with Crippen LogP contribution in [0.5, 0.6) is 0 Å². The first-order chi connectivity index (χ1) is 21.6. The Balaban J connectivity index is 1.25. The van der Waals surface area contributed by atoms with Gasteiger partial charge >= 0.3 is 0 Å². The lowest BCUT2D eigenvalue weighted by molar-refractivity contribution is 0.661. The van der Waals surface area contributed by atoms with Crippen LogP contribution < -0.4 is 4.90 Å². The second-order valence-corrected chi connectivity index (χ2v) is 12.3. The maximum Gasteiger partial charge on any atom is 0.0465 e. The molecule has 0 saturated heterocycles. The van der Waals surface area contributed by atoms with Crippen molar-refractivity contribution in [2.24, 2.45) is 0 Å². The fourth-order valence-corrected chi connectivity index (χ4v) is 6.86. The van der Waals surface area contributed by atoms with Crippen molar-refractivity contribution in [3.63, 3.8) is 0 Å². The Morgan fingerprint density at radius 2 is 0.795 bits per heavy atom. The van der Waals surface area contributed by atoms with Gasteiger partial charge < -0.3 is 4.90 Å². The lowest BCUT2D eigenvalue weighted by Gasteiger charge is -2.28. The van der Waals surface area contributed by atoms with Crippen molar-refractivity contribution in [1.82, 2.24) is 0 Å². The first-order valence-electron chi connectivity index (χ1n) is 15.4. The Bertz CT molecular complexity index is 2020. The third kappa shape index (κ3) is 4.41. The van der Waals surface area contributed by atoms with Crippen molar-refractivity contribution < 1.29 is 0 Å². The number of anilines is 3. The van der Waals surface area contributed by atoms with Gasteiger partial charge in [-0.15, -0.1) is 0 Å². The van der Waals surface area contributed by atoms with E-state index in [2.05, 4.69) is 183 Å². The number of fused-ring (bicyclic) bond motifs is 4. The van der Waals surface area contributed by atoms with Gasteiger partial charge in [0, 0.05) is 22.5 Å². The molecular weight excluding hydrogens is 530 g/mol. The van der Waals surface area contributed by atoms with E-state index in [0.717, 1.165) is 17.1 Å². The fraction of sp³-hybridized carbons (Fsp3) is 0.0698. The summed E-state index contributed by atoms with van der Waals surface area (Å²) >= 11 is 0. The van der Waals surface area contributed by atoms with Crippen LogP contribution in [0, 0.1) is 0 Å². The van der Waals surface area contributed by atoms with E-state index in [1.165, 1.54) is 55.3 Å². The van der Waals surface area contributed by atoms with Crippen LogP contribution >= 0.6 is 0 Å². The standard InChI is InChI=1S/C43H33N/c1-43(2)41-28-35-16-10-9-15-34(35)27-40(41)39-26-25-38(29-42(39)43)44(36-21-17-32(18-22-36)30-11-5-3-6-12-30)37-23-19-33(20-24-37)31-13-7-4-8-14-31/h3-29H,1-2H3. The van der Waals surface area contributed by atoms with Gasteiger partial charge in [0.15, 0.2) is 0 Å². The van der Waals surface area contributed by atoms with E-state index in [4.69, 9.17) is 0 Å². The van der Waals surface area contributed by atoms with E-state index in [1.54, 1.807) is 0 Å². The maximum atomic E-state index is 2.41. The SMILES string of the molecule is CC1(C)c2cc(N(c3ccc(-c4ccccc4)cc3)c3ccc(-c4ccccc4)cc3)ccc2-c2cc3ccccc3cc21. The summed E-state index contributed by atoms with van der Waals surface area (Å²) in [5.41, 5.74) is 13.6. The fourth-order valence-electron chi connectivity index (χ4n) is 6.86. The summed E-state index contributed by atoms with van der Waals surface area (Å²) in [5.74, 6) is 0. The smallest absolute Gasteiger partial charge is 0.0465 e. The Morgan fingerprint density at radius 3 is 1.34 bits per heavy atom. The average molecular weight is 564 g/mol. The van der Waals surface area contributed by atoms with Gasteiger partial charge in [0.25, 0.3) is 0 Å². The molecule has 210 valence electrons. The normalized spacial score (nSPS) is 13.0. The summed E-state index contributed by atoms with van der Waals surface area (Å²) in [5, 5.41) is 2.59. The molecule has 1 heteroatoms. The minimum atomic E-state index is -0.106. The molecule has 7 aromatic rings. The molecule has 0 fully saturated rings. The van der Waals surface area contributed by atoms with Crippen molar-refractivity contribution in [3.05, 3.63) is 175 Å². The largest absolute Gasteiger partial charge is 0.310 e. The molecule has 8 rings (SSSR count). The molecule has 0 bridgehead atoms. The van der Waals surface area contributed by atoms with E-state index >= 15 is 0 Å². The molecule has 0 unspecified atom stereocenters. The van der Waals surface area contributed by atoms with E-state index in [0.29, 0.717) is 0 Å². The maximum absolute atomic E-state index is 2.41. The quantitative estimate of drug-likeness (QED) is 0.201. The molecule has 0 aliphatic heterocycles. The van der Waals surface area contributed by atoms with Crippen LogP contribution in [0.15, 0.2) is 164 Å². The van der Waals surface area contributed by atoms with Gasteiger partial charge in [-0.3, -0.25) is 0 Å². The molecule has 44 heavy (non-hydrogen) atoms. The highest BCUT2D eigenvalue weighted by atomic mass is 15.1. The molecule has 0 amide bonds. The number of hydrogen-bond donors (Lipinski definition) is 0. The third-order valence-corrected chi connectivity index (χ3v) is 9.25. The van der Waals surface area contributed by atoms with Crippen molar-refractivity contribution in [2.75, 3.05) is 4.90 Å². The first-order valence-corrected chi connectivity index (χ1v) is 15.4. The summed E-state index contributed by atoms with van der Waals surface area (Å²) in [6.07, 6.45) is 0. The predicted octanol–water partition coefficient (Wildman–Crippen LogP) is 11.9. The molecule has 0 spiro atoms. The van der Waals surface area contributed by atoms with E-state index < -0.39 is 0 Å². The Kier molecular flexibility index (Phi) is 6.20. The highest BCUT2D eigenvalue weighted by molar-refractivity contribution is 5.94. The zero-order chi connectivity index (χ0) is 29.7. The second kappa shape index (κ2) is 10.4. The molecule has 1 aliphatic rings. The molecule has 0 N–H and O–H groups in total. The lowest BCUT2D eigenvalue weighted by atomic mass is 9.81. The van der Waals surface area contributed by atoms with Gasteiger partial charge in [-0.25, -0.2) is 0 Å². The summed E-state index contributed by atoms with van der Waals surface area (Å²) < 4.78 is 0. The zero-order valence-electron chi connectivity index (χ0n) is 25.0. The van der Waals surface area contributed by atoms with Crippen LogP contribution in [-0.4, -0.2) is 0 Å². The predicted molar refractivity (Wildman–Crippen MR) is 187 cm³/mol. The van der Waals surface area contributed by atoms with Crippen molar-refractivity contribution in [1.29, 1.82) is 0 Å². The monoisotopic (exact) mass is 563 g/mol. The summed E-state index contributed by atoms with van der Waals surface area (Å²) in [6, 6.07) is 59.6. The molecule has 0 atom stereocenters. The number of rotatable bonds is 5. The van der Waals surface area contributed by atoms with E-state index in [1.807, 2.05) is 0 Å². The van der Waals surface area contributed by atoms with Gasteiger partial charge in [0.1, 0.15) is 0 Å². The van der Waals surface area contributed by atoms with Gasteiger partial charge in [-0.2, -0.15) is 0 Å². The zero-order valence-corrected chi connectivity index (χ0v) is 25.0. The summed E-state index contributed by atoms with van der Waals surface area (Å²) in [6.45, 7) is 4.73. The molecule has 0 radical (unpaired) electrons. The summed E-state index contributed by atoms with van der Waals surface area (Å²) in [7, 11) is 0. The van der Waals surface area contributed by atoms with Crippen LogP contribution in [0.1, 0.15) is 25.0 Å². The van der Waals surface area contributed by atoms with Crippen LogP contribution in [0.2, 0.25) is 0 Å². The Morgan fingerprint density at radius 1 is 0.364 bits per heavy atom.